The lowest BCUT2D eigenvalue weighted by Gasteiger charge is -2.17. The summed E-state index contributed by atoms with van der Waals surface area (Å²) in [6.07, 6.45) is 0.717. The van der Waals surface area contributed by atoms with Crippen LogP contribution in [0.3, 0.4) is 0 Å². The number of para-hydroxylation sites is 1. The molecule has 26 heavy (non-hydrogen) atoms. The van der Waals surface area contributed by atoms with Gasteiger partial charge in [-0.05, 0) is 57.0 Å². The predicted molar refractivity (Wildman–Crippen MR) is 109 cm³/mol. The van der Waals surface area contributed by atoms with Gasteiger partial charge in [-0.1, -0.05) is 40.2 Å². The van der Waals surface area contributed by atoms with Crippen molar-refractivity contribution in [1.82, 2.24) is 10.6 Å². The Morgan fingerprint density at radius 3 is 2.42 bits per heavy atom. The van der Waals surface area contributed by atoms with E-state index in [1.54, 1.807) is 24.3 Å². The number of anilines is 1. The van der Waals surface area contributed by atoms with E-state index in [1.165, 1.54) is 0 Å². The first-order valence-corrected chi connectivity index (χ1v) is 9.36. The van der Waals surface area contributed by atoms with E-state index in [2.05, 4.69) is 31.9 Å². The number of benzene rings is 2. The third kappa shape index (κ3) is 6.19. The molecule has 3 N–H and O–H groups in total. The Morgan fingerprint density at radius 2 is 1.73 bits per heavy atom. The zero-order valence-corrected chi connectivity index (χ0v) is 16.8. The van der Waals surface area contributed by atoms with Crippen molar-refractivity contribution in [2.75, 3.05) is 5.32 Å². The second-order valence-corrected chi connectivity index (χ2v) is 7.42. The molecule has 2 rings (SSSR count). The van der Waals surface area contributed by atoms with E-state index in [0.29, 0.717) is 17.7 Å². The molecule has 0 unspecified atom stereocenters. The Balaban J connectivity index is 2.03. The number of hydrogen-bond donors (Lipinski definition) is 3. The first-order chi connectivity index (χ1) is 12.3. The summed E-state index contributed by atoms with van der Waals surface area (Å²) in [5, 5.41) is 8.48. The van der Waals surface area contributed by atoms with Crippen molar-refractivity contribution in [2.24, 2.45) is 0 Å². The fourth-order valence-corrected chi connectivity index (χ4v) is 3.03. The second kappa shape index (κ2) is 9.38. The van der Waals surface area contributed by atoms with Gasteiger partial charge in [0, 0.05) is 16.6 Å². The van der Waals surface area contributed by atoms with Gasteiger partial charge in [0.2, 0.25) is 0 Å². The van der Waals surface area contributed by atoms with E-state index in [1.807, 2.05) is 45.0 Å². The molecule has 0 saturated heterocycles. The molecule has 3 amide bonds. The molecule has 5 nitrogen and oxygen atoms in total. The van der Waals surface area contributed by atoms with Gasteiger partial charge >= 0.3 is 6.03 Å². The van der Waals surface area contributed by atoms with Gasteiger partial charge in [0.25, 0.3) is 5.91 Å². The van der Waals surface area contributed by atoms with Crippen LogP contribution < -0.4 is 16.0 Å². The summed E-state index contributed by atoms with van der Waals surface area (Å²) < 4.78 is 1.01. The molecule has 0 aliphatic heterocycles. The van der Waals surface area contributed by atoms with Crippen molar-refractivity contribution in [3.8, 4) is 0 Å². The maximum atomic E-state index is 12.6. The van der Waals surface area contributed by atoms with Crippen LogP contribution in [-0.2, 0) is 6.42 Å². The number of urea groups is 1. The highest BCUT2D eigenvalue weighted by Gasteiger charge is 2.15. The lowest BCUT2D eigenvalue weighted by molar-refractivity contribution is 0.0941. The van der Waals surface area contributed by atoms with Crippen molar-refractivity contribution in [1.29, 1.82) is 0 Å². The Kier molecular flexibility index (Phi) is 7.21. The molecule has 0 bridgehead atoms. The van der Waals surface area contributed by atoms with Crippen LogP contribution in [0.2, 0.25) is 0 Å². The van der Waals surface area contributed by atoms with Crippen molar-refractivity contribution in [3.63, 3.8) is 0 Å². The van der Waals surface area contributed by atoms with E-state index in [4.69, 9.17) is 0 Å². The van der Waals surface area contributed by atoms with Gasteiger partial charge in [0.15, 0.2) is 0 Å². The Morgan fingerprint density at radius 1 is 1.00 bits per heavy atom. The van der Waals surface area contributed by atoms with Crippen LogP contribution in [0.4, 0.5) is 10.5 Å². The fraction of sp³-hybridized carbons (Fsp3) is 0.300. The van der Waals surface area contributed by atoms with Gasteiger partial charge in [0.05, 0.1) is 11.3 Å². The first kappa shape index (κ1) is 20.0. The van der Waals surface area contributed by atoms with E-state index in [0.717, 1.165) is 10.0 Å². The molecule has 2 aromatic rings. The number of rotatable bonds is 6. The molecule has 6 heteroatoms. The molecule has 0 radical (unpaired) electrons. The van der Waals surface area contributed by atoms with Crippen LogP contribution in [0.15, 0.2) is 53.0 Å². The van der Waals surface area contributed by atoms with Gasteiger partial charge in [-0.15, -0.1) is 0 Å². The zero-order valence-electron chi connectivity index (χ0n) is 15.2. The fourth-order valence-electron chi connectivity index (χ4n) is 2.58. The molecule has 0 aliphatic rings. The Labute approximate surface area is 162 Å². The van der Waals surface area contributed by atoms with Gasteiger partial charge in [-0.25, -0.2) is 4.79 Å². The maximum Gasteiger partial charge on any atom is 0.319 e. The highest BCUT2D eigenvalue weighted by atomic mass is 79.9. The number of carbonyl (C=O) groups is 2. The van der Waals surface area contributed by atoms with Gasteiger partial charge in [0.1, 0.15) is 0 Å². The van der Waals surface area contributed by atoms with Crippen molar-refractivity contribution in [2.45, 2.75) is 39.3 Å². The minimum Gasteiger partial charge on any atom is -0.349 e. The molecule has 0 fully saturated rings. The third-order valence-electron chi connectivity index (χ3n) is 3.65. The summed E-state index contributed by atoms with van der Waals surface area (Å²) in [7, 11) is 0. The van der Waals surface area contributed by atoms with Gasteiger partial charge < -0.3 is 16.0 Å². The number of carbonyl (C=O) groups excluding carboxylic acids is 2. The lowest BCUT2D eigenvalue weighted by Crippen LogP contribution is -2.36. The van der Waals surface area contributed by atoms with E-state index in [9.17, 15) is 9.59 Å². The predicted octanol–water partition coefficient (Wildman–Crippen LogP) is 4.34. The third-order valence-corrected chi connectivity index (χ3v) is 4.14. The number of halogens is 1. The quantitative estimate of drug-likeness (QED) is 0.653. The van der Waals surface area contributed by atoms with Crippen LogP contribution in [0.5, 0.6) is 0 Å². The molecule has 0 spiro atoms. The topological polar surface area (TPSA) is 70.2 Å². The Hall–Kier alpha value is -2.34. The standard InChI is InChI=1S/C20H24BrN3O2/c1-13(2)22-20(26)24-18-10-5-4-9-17(18)19(25)23-14(3)11-15-7-6-8-16(21)12-15/h4-10,12-14H,11H2,1-3H3,(H,23,25)(H2,22,24,26)/t14-/m1/s1. The van der Waals surface area contributed by atoms with E-state index < -0.39 is 0 Å². The number of hydrogen-bond acceptors (Lipinski definition) is 2. The van der Waals surface area contributed by atoms with Gasteiger partial charge in [-0.2, -0.15) is 0 Å². The molecule has 2 aromatic carbocycles. The lowest BCUT2D eigenvalue weighted by atomic mass is 10.1. The van der Waals surface area contributed by atoms with Crippen molar-refractivity contribution < 1.29 is 9.59 Å². The highest BCUT2D eigenvalue weighted by Crippen LogP contribution is 2.16. The molecule has 0 aliphatic carbocycles. The van der Waals surface area contributed by atoms with E-state index in [-0.39, 0.29) is 24.0 Å². The van der Waals surface area contributed by atoms with Crippen LogP contribution in [0.25, 0.3) is 0 Å². The average molecular weight is 418 g/mol. The second-order valence-electron chi connectivity index (χ2n) is 6.51. The largest absolute Gasteiger partial charge is 0.349 e. The van der Waals surface area contributed by atoms with Crippen LogP contribution in [0.1, 0.15) is 36.7 Å². The monoisotopic (exact) mass is 417 g/mol. The minimum atomic E-state index is -0.331. The summed E-state index contributed by atoms with van der Waals surface area (Å²) in [5.41, 5.74) is 2.06. The zero-order chi connectivity index (χ0) is 19.1. The summed E-state index contributed by atoms with van der Waals surface area (Å²) in [6.45, 7) is 5.71. The van der Waals surface area contributed by atoms with Crippen LogP contribution in [0, 0.1) is 0 Å². The Bertz CT molecular complexity index is 777. The van der Waals surface area contributed by atoms with Gasteiger partial charge in [-0.3, -0.25) is 4.79 Å². The number of amides is 3. The highest BCUT2D eigenvalue weighted by molar-refractivity contribution is 9.10. The number of nitrogens with one attached hydrogen (secondary N) is 3. The molecular formula is C20H24BrN3O2. The normalized spacial score (nSPS) is 11.7. The average Bonchev–Trinajstić information content (AvgIpc) is 2.54. The molecule has 138 valence electrons. The maximum absolute atomic E-state index is 12.6. The van der Waals surface area contributed by atoms with E-state index >= 15 is 0 Å². The van der Waals surface area contributed by atoms with Crippen molar-refractivity contribution >= 4 is 33.6 Å². The van der Waals surface area contributed by atoms with Crippen molar-refractivity contribution in [3.05, 3.63) is 64.1 Å². The summed E-state index contributed by atoms with van der Waals surface area (Å²) in [6, 6.07) is 14.6. The van der Waals surface area contributed by atoms with Crippen LogP contribution >= 0.6 is 15.9 Å². The SMILES string of the molecule is CC(C)NC(=O)Nc1ccccc1C(=O)N[C@H](C)Cc1cccc(Br)c1. The molecule has 0 heterocycles. The molecular weight excluding hydrogens is 394 g/mol. The summed E-state index contributed by atoms with van der Waals surface area (Å²) in [5.74, 6) is -0.215. The summed E-state index contributed by atoms with van der Waals surface area (Å²) >= 11 is 3.46. The summed E-state index contributed by atoms with van der Waals surface area (Å²) in [4.78, 5) is 24.6. The van der Waals surface area contributed by atoms with Crippen LogP contribution in [-0.4, -0.2) is 24.0 Å². The molecule has 0 saturated carbocycles. The molecule has 0 aromatic heterocycles. The minimum absolute atomic E-state index is 0.0150. The molecule has 1 atom stereocenters. The smallest absolute Gasteiger partial charge is 0.319 e. The first-order valence-electron chi connectivity index (χ1n) is 8.57.